The first-order valence-electron chi connectivity index (χ1n) is 18.7. The van der Waals surface area contributed by atoms with Gasteiger partial charge in [-0.15, -0.1) is 0 Å². The molecule has 3 aromatic rings. The van der Waals surface area contributed by atoms with Crippen molar-refractivity contribution in [2.24, 2.45) is 5.41 Å². The third-order valence-corrected chi connectivity index (χ3v) is 11.8. The fourth-order valence-corrected chi connectivity index (χ4v) is 6.66. The van der Waals surface area contributed by atoms with E-state index in [1.54, 1.807) is 41.5 Å². The van der Waals surface area contributed by atoms with E-state index in [0.29, 0.717) is 33.4 Å². The molecule has 0 saturated heterocycles. The second-order valence-electron chi connectivity index (χ2n) is 15.3. The summed E-state index contributed by atoms with van der Waals surface area (Å²) in [6.45, 7) is 26.7. The molecule has 0 aliphatic heterocycles. The van der Waals surface area contributed by atoms with Gasteiger partial charge in [0.05, 0.1) is 22.1 Å². The summed E-state index contributed by atoms with van der Waals surface area (Å²) >= 11 is 0. The maximum Gasteiger partial charge on any atom is 0.549 e. The monoisotopic (exact) mass is 822 g/mol. The van der Waals surface area contributed by atoms with Gasteiger partial charge in [0.25, 0.3) is 0 Å². The molecule has 0 fully saturated rings. The number of ether oxygens (including phenoxy) is 3. The summed E-state index contributed by atoms with van der Waals surface area (Å²) in [5, 5.41) is 0. The zero-order valence-corrected chi connectivity index (χ0v) is 36.7. The van der Waals surface area contributed by atoms with Crippen molar-refractivity contribution in [2.75, 3.05) is 19.8 Å². The molecular formula is C44H54O15. The van der Waals surface area contributed by atoms with Gasteiger partial charge in [-0.2, -0.15) is 14.4 Å². The Balaban J connectivity index is 1.71. The Morgan fingerprint density at radius 3 is 0.661 bits per heavy atom. The quantitative estimate of drug-likeness (QED) is 0.0859. The molecule has 0 atom stereocenters. The molecule has 0 aliphatic rings. The molecule has 15 heteroatoms. The third-order valence-electron chi connectivity index (χ3n) is 11.8. The van der Waals surface area contributed by atoms with E-state index in [4.69, 9.17) is 28.9 Å². The van der Waals surface area contributed by atoms with Gasteiger partial charge in [-0.25, -0.2) is 43.7 Å². The molecule has 320 valence electrons. The van der Waals surface area contributed by atoms with Crippen LogP contribution in [-0.4, -0.2) is 56.2 Å². The highest BCUT2D eigenvalue weighted by molar-refractivity contribution is 5.95. The lowest BCUT2D eigenvalue weighted by molar-refractivity contribution is -0.216. The minimum atomic E-state index is -1.58. The molecule has 0 radical (unpaired) electrons. The number of hydrogen-bond donors (Lipinski definition) is 0. The number of carbonyl (C=O) groups excluding carboxylic acids is 6. The van der Waals surface area contributed by atoms with E-state index in [1.807, 2.05) is 62.3 Å². The fourth-order valence-electron chi connectivity index (χ4n) is 6.66. The lowest BCUT2D eigenvalue weighted by Gasteiger charge is -2.26. The smallest absolute Gasteiger partial charge is 0.431 e. The van der Waals surface area contributed by atoms with E-state index < -0.39 is 61.6 Å². The van der Waals surface area contributed by atoms with Crippen LogP contribution in [0.1, 0.15) is 121 Å². The van der Waals surface area contributed by atoms with Crippen LogP contribution in [0.2, 0.25) is 0 Å². The average molecular weight is 823 g/mol. The molecule has 0 aromatic heterocycles. The highest BCUT2D eigenvalue weighted by Gasteiger charge is 2.34. The first-order chi connectivity index (χ1) is 27.4. The van der Waals surface area contributed by atoms with E-state index in [0.717, 1.165) is 50.1 Å². The minimum Gasteiger partial charge on any atom is -0.431 e. The second-order valence-corrected chi connectivity index (χ2v) is 15.3. The summed E-state index contributed by atoms with van der Waals surface area (Å²) in [6, 6.07) is 0. The molecule has 59 heavy (non-hydrogen) atoms. The number of carbonyl (C=O) groups is 6. The van der Waals surface area contributed by atoms with Crippen LogP contribution in [0, 0.1) is 109 Å². The molecule has 0 amide bonds. The van der Waals surface area contributed by atoms with Gasteiger partial charge in [-0.05, 0) is 194 Å². The van der Waals surface area contributed by atoms with Crippen molar-refractivity contribution in [3.63, 3.8) is 0 Å². The van der Waals surface area contributed by atoms with Gasteiger partial charge >= 0.3 is 36.4 Å². The van der Waals surface area contributed by atoms with Crippen molar-refractivity contribution in [1.29, 1.82) is 0 Å². The van der Waals surface area contributed by atoms with Gasteiger partial charge in [0.1, 0.15) is 19.8 Å². The van der Waals surface area contributed by atoms with E-state index in [1.165, 1.54) is 6.92 Å². The number of benzene rings is 3. The molecule has 3 aromatic carbocycles. The van der Waals surface area contributed by atoms with Crippen LogP contribution in [0.4, 0.5) is 14.4 Å². The van der Waals surface area contributed by atoms with E-state index in [-0.39, 0.29) is 16.7 Å². The van der Waals surface area contributed by atoms with Crippen LogP contribution >= 0.6 is 0 Å². The van der Waals surface area contributed by atoms with Crippen molar-refractivity contribution < 1.29 is 72.3 Å². The van der Waals surface area contributed by atoms with Gasteiger partial charge < -0.3 is 14.2 Å². The van der Waals surface area contributed by atoms with Crippen molar-refractivity contribution in [3.05, 3.63) is 100 Å². The molecular weight excluding hydrogens is 768 g/mol. The van der Waals surface area contributed by atoms with E-state index >= 15 is 0 Å². The Hall–Kier alpha value is -6.12. The van der Waals surface area contributed by atoms with Crippen LogP contribution < -0.4 is 0 Å². The lowest BCUT2D eigenvalue weighted by atomic mass is 9.90. The Bertz CT molecular complexity index is 1880. The molecule has 0 aliphatic carbocycles. The highest BCUT2D eigenvalue weighted by atomic mass is 17.2. The summed E-state index contributed by atoms with van der Waals surface area (Å²) in [6.07, 6.45) is -4.38. The standard InChI is InChI=1S/C44H54O15/c1-20-23(4)29(10)35(30(11)24(20)5)38(45)54-57-41(48)51-17-44(16,18-52-42(49)58-55-39(46)36-31(12)25(6)21(2)26(7)32(36)13)19-53-43(50)59-56-40(47)37-33(14)27(8)22(3)28(9)34(37)15/h17-19H2,1-16H3. The average Bonchev–Trinajstić information content (AvgIpc) is 3.20. The summed E-state index contributed by atoms with van der Waals surface area (Å²) < 4.78 is 15.4. The first kappa shape index (κ1) is 47.3. The van der Waals surface area contributed by atoms with Gasteiger partial charge in [-0.1, -0.05) is 0 Å². The van der Waals surface area contributed by atoms with Crippen LogP contribution in [0.25, 0.3) is 0 Å². The number of hydrogen-bond acceptors (Lipinski definition) is 15. The van der Waals surface area contributed by atoms with E-state index in [9.17, 15) is 28.8 Å². The SMILES string of the molecule is Cc1c(C)c(C)c(C(=O)OOC(=O)OCC(C)(COC(=O)OOC(=O)c2c(C)c(C)c(C)c(C)c2C)COC(=O)OOC(=O)c2c(C)c(C)c(C)c(C)c2C)c(C)c1C. The summed E-state index contributed by atoms with van der Waals surface area (Å²) in [4.78, 5) is 105. The molecule has 0 bridgehead atoms. The van der Waals surface area contributed by atoms with Crippen LogP contribution in [0.3, 0.4) is 0 Å². The maximum atomic E-state index is 13.0. The summed E-state index contributed by atoms with van der Waals surface area (Å²) in [5.74, 6) is -2.81. The van der Waals surface area contributed by atoms with Gasteiger partial charge in [-0.3, -0.25) is 0 Å². The van der Waals surface area contributed by atoms with Crippen LogP contribution in [0.5, 0.6) is 0 Å². The Morgan fingerprint density at radius 2 is 0.475 bits per heavy atom. The van der Waals surface area contributed by atoms with Crippen molar-refractivity contribution in [3.8, 4) is 0 Å². The molecule has 0 spiro atoms. The lowest BCUT2D eigenvalue weighted by Crippen LogP contribution is -2.37. The molecule has 15 nitrogen and oxygen atoms in total. The molecule has 0 N–H and O–H groups in total. The van der Waals surface area contributed by atoms with E-state index in [2.05, 4.69) is 14.7 Å². The van der Waals surface area contributed by atoms with Crippen molar-refractivity contribution >= 4 is 36.4 Å². The predicted octanol–water partition coefficient (Wildman–Crippen LogP) is 9.39. The first-order valence-corrected chi connectivity index (χ1v) is 18.7. The zero-order chi connectivity index (χ0) is 44.8. The van der Waals surface area contributed by atoms with Gasteiger partial charge in [0.15, 0.2) is 0 Å². The third kappa shape index (κ3) is 10.5. The summed E-state index contributed by atoms with van der Waals surface area (Å²) in [7, 11) is 0. The van der Waals surface area contributed by atoms with Gasteiger partial charge in [0.2, 0.25) is 0 Å². The second kappa shape index (κ2) is 19.1. The minimum absolute atomic E-state index is 0.222. The van der Waals surface area contributed by atoms with Crippen LogP contribution in [-0.2, 0) is 43.5 Å². The molecule has 0 heterocycles. The normalized spacial score (nSPS) is 11.0. The zero-order valence-electron chi connectivity index (χ0n) is 36.7. The number of rotatable bonds is 9. The molecule has 0 saturated carbocycles. The largest absolute Gasteiger partial charge is 0.549 e. The van der Waals surface area contributed by atoms with Gasteiger partial charge in [0, 0.05) is 0 Å². The molecule has 0 unspecified atom stereocenters. The summed E-state index contributed by atoms with van der Waals surface area (Å²) in [5.41, 5.74) is 11.2. The highest BCUT2D eigenvalue weighted by Crippen LogP contribution is 2.30. The Kier molecular flexibility index (Phi) is 15.3. The van der Waals surface area contributed by atoms with Crippen LogP contribution in [0.15, 0.2) is 0 Å². The Morgan fingerprint density at radius 1 is 0.305 bits per heavy atom. The predicted molar refractivity (Wildman–Crippen MR) is 212 cm³/mol. The fraction of sp³-hybridized carbons (Fsp3) is 0.455. The molecule has 3 rings (SSSR count). The van der Waals surface area contributed by atoms with Crippen molar-refractivity contribution in [2.45, 2.75) is 111 Å². The topological polar surface area (TPSA) is 185 Å². The Labute approximate surface area is 344 Å². The van der Waals surface area contributed by atoms with Crippen molar-refractivity contribution in [1.82, 2.24) is 0 Å². The maximum absolute atomic E-state index is 13.0.